The summed E-state index contributed by atoms with van der Waals surface area (Å²) in [6, 6.07) is 6.74. The van der Waals surface area contributed by atoms with Crippen LogP contribution in [-0.4, -0.2) is 62.6 Å². The van der Waals surface area contributed by atoms with Crippen molar-refractivity contribution >= 4 is 5.91 Å². The van der Waals surface area contributed by atoms with Crippen molar-refractivity contribution in [3.63, 3.8) is 0 Å². The number of aromatic amines is 1. The summed E-state index contributed by atoms with van der Waals surface area (Å²) >= 11 is 0. The molecule has 2 aromatic rings. The smallest absolute Gasteiger partial charge is 0.272 e. The van der Waals surface area contributed by atoms with Crippen molar-refractivity contribution in [3.8, 4) is 11.3 Å². The number of nitrogens with zero attached hydrogens (tertiary/aromatic N) is 4. The molecule has 1 amide bonds. The van der Waals surface area contributed by atoms with E-state index in [4.69, 9.17) is 0 Å². The largest absolute Gasteiger partial charge is 0.330 e. The Morgan fingerprint density at radius 2 is 2.17 bits per heavy atom. The first-order chi connectivity index (χ1) is 14.8. The standard InChI is InChI=1S/C24H29N5O/c30-24(21-13-20(26-27-21)17-5-3-8-25-14-17)29-10-4-6-16-11-18-12-19(23(16)29)15-28-9-2-1-7-22(18)28/h3,5,8,11,13-14,18-19,22-23H,1-2,4,6-7,9-10,12,15H2,(H,26,27)/t18-,19+,22-,23-/m1/s1. The Morgan fingerprint density at radius 1 is 1.20 bits per heavy atom. The maximum Gasteiger partial charge on any atom is 0.272 e. The van der Waals surface area contributed by atoms with Gasteiger partial charge in [-0.2, -0.15) is 5.10 Å². The van der Waals surface area contributed by atoms with Gasteiger partial charge >= 0.3 is 0 Å². The van der Waals surface area contributed by atoms with Crippen LogP contribution in [0.25, 0.3) is 11.3 Å². The molecule has 2 aromatic heterocycles. The molecular formula is C24H29N5O. The second-order valence-corrected chi connectivity index (χ2v) is 9.41. The molecule has 1 N–H and O–H groups in total. The van der Waals surface area contributed by atoms with E-state index in [1.807, 2.05) is 18.2 Å². The average molecular weight is 404 g/mol. The van der Waals surface area contributed by atoms with Crippen LogP contribution in [0.15, 0.2) is 42.2 Å². The van der Waals surface area contributed by atoms with Crippen molar-refractivity contribution in [2.75, 3.05) is 19.6 Å². The number of carbonyl (C=O) groups excluding carboxylic acids is 1. The van der Waals surface area contributed by atoms with Crippen LogP contribution in [0, 0.1) is 11.8 Å². The van der Waals surface area contributed by atoms with Gasteiger partial charge in [-0.05, 0) is 68.7 Å². The molecule has 2 bridgehead atoms. The summed E-state index contributed by atoms with van der Waals surface area (Å²) in [5.74, 6) is 1.34. The van der Waals surface area contributed by atoms with Crippen molar-refractivity contribution in [2.24, 2.45) is 11.8 Å². The number of H-pyrrole nitrogens is 1. The summed E-state index contributed by atoms with van der Waals surface area (Å²) in [6.07, 6.45) is 13.6. The Bertz CT molecular complexity index is 967. The number of amides is 1. The predicted octanol–water partition coefficient (Wildman–Crippen LogP) is 3.51. The monoisotopic (exact) mass is 403 g/mol. The quantitative estimate of drug-likeness (QED) is 0.780. The molecule has 0 aromatic carbocycles. The number of fused-ring (bicyclic) bond motifs is 6. The second-order valence-electron chi connectivity index (χ2n) is 9.41. The van der Waals surface area contributed by atoms with Gasteiger partial charge in [-0.15, -0.1) is 0 Å². The highest BCUT2D eigenvalue weighted by Crippen LogP contribution is 2.45. The summed E-state index contributed by atoms with van der Waals surface area (Å²) in [5, 5.41) is 7.39. The molecule has 3 aliphatic heterocycles. The molecule has 1 aliphatic carbocycles. The van der Waals surface area contributed by atoms with Crippen LogP contribution in [-0.2, 0) is 0 Å². The number of piperidine rings is 3. The third-order valence-electron chi connectivity index (χ3n) is 7.68. The summed E-state index contributed by atoms with van der Waals surface area (Å²) in [5.41, 5.74) is 3.81. The van der Waals surface area contributed by atoms with Crippen LogP contribution in [0.5, 0.6) is 0 Å². The van der Waals surface area contributed by atoms with Gasteiger partial charge in [0.15, 0.2) is 0 Å². The van der Waals surface area contributed by atoms with E-state index in [-0.39, 0.29) is 11.9 Å². The van der Waals surface area contributed by atoms with Gasteiger partial charge in [0.05, 0.1) is 11.7 Å². The minimum Gasteiger partial charge on any atom is -0.330 e. The predicted molar refractivity (Wildman–Crippen MR) is 115 cm³/mol. The number of hydrogen-bond donors (Lipinski definition) is 1. The molecule has 0 saturated carbocycles. The second kappa shape index (κ2) is 7.34. The average Bonchev–Trinajstić information content (AvgIpc) is 3.29. The topological polar surface area (TPSA) is 65.1 Å². The number of aromatic nitrogens is 3. The lowest BCUT2D eigenvalue weighted by atomic mass is 9.68. The Hall–Kier alpha value is -2.47. The van der Waals surface area contributed by atoms with E-state index < -0.39 is 0 Å². The fourth-order valence-corrected chi connectivity index (χ4v) is 6.45. The zero-order valence-corrected chi connectivity index (χ0v) is 17.3. The minimum absolute atomic E-state index is 0.0902. The first-order valence-electron chi connectivity index (χ1n) is 11.5. The maximum atomic E-state index is 13.5. The highest BCUT2D eigenvalue weighted by atomic mass is 16.2. The number of rotatable bonds is 2. The Balaban J connectivity index is 1.28. The maximum absolute atomic E-state index is 13.5. The summed E-state index contributed by atoms with van der Waals surface area (Å²) in [7, 11) is 0. The van der Waals surface area contributed by atoms with Crippen molar-refractivity contribution in [1.82, 2.24) is 25.0 Å². The molecule has 6 rings (SSSR count). The SMILES string of the molecule is O=C(c1cc(-c2cccnc2)n[nH]1)N1CCCC2=C[C@@H]3C[C@@H](CN4CCCC[C@H]34)[C@@H]21. The molecule has 4 aliphatic rings. The van der Waals surface area contributed by atoms with Crippen LogP contribution in [0.4, 0.5) is 0 Å². The van der Waals surface area contributed by atoms with Gasteiger partial charge in [-0.25, -0.2) is 0 Å². The van der Waals surface area contributed by atoms with E-state index in [9.17, 15) is 4.79 Å². The summed E-state index contributed by atoms with van der Waals surface area (Å²) in [4.78, 5) is 22.6. The first kappa shape index (κ1) is 18.3. The van der Waals surface area contributed by atoms with Gasteiger partial charge in [-0.3, -0.25) is 19.8 Å². The van der Waals surface area contributed by atoms with Gasteiger partial charge in [0.25, 0.3) is 5.91 Å². The molecule has 5 heterocycles. The first-order valence-corrected chi connectivity index (χ1v) is 11.5. The van der Waals surface area contributed by atoms with Gasteiger partial charge in [0.1, 0.15) is 5.69 Å². The van der Waals surface area contributed by atoms with Gasteiger partial charge in [0.2, 0.25) is 0 Å². The molecule has 3 fully saturated rings. The van der Waals surface area contributed by atoms with E-state index in [2.05, 4.69) is 31.1 Å². The van der Waals surface area contributed by atoms with Crippen LogP contribution in [0.1, 0.15) is 49.0 Å². The van der Waals surface area contributed by atoms with Crippen LogP contribution >= 0.6 is 0 Å². The highest BCUT2D eigenvalue weighted by Gasteiger charge is 2.47. The van der Waals surface area contributed by atoms with E-state index in [0.29, 0.717) is 17.5 Å². The van der Waals surface area contributed by atoms with E-state index in [1.165, 1.54) is 37.8 Å². The van der Waals surface area contributed by atoms with Crippen molar-refractivity contribution in [2.45, 2.75) is 50.6 Å². The lowest BCUT2D eigenvalue weighted by Gasteiger charge is -2.54. The van der Waals surface area contributed by atoms with Crippen molar-refractivity contribution in [3.05, 3.63) is 47.9 Å². The van der Waals surface area contributed by atoms with E-state index >= 15 is 0 Å². The molecule has 6 nitrogen and oxygen atoms in total. The number of hydrogen-bond acceptors (Lipinski definition) is 4. The summed E-state index contributed by atoms with van der Waals surface area (Å²) < 4.78 is 0. The third kappa shape index (κ3) is 3.00. The van der Waals surface area contributed by atoms with E-state index in [1.54, 1.807) is 12.4 Å². The normalized spacial score (nSPS) is 30.9. The minimum atomic E-state index is 0.0902. The van der Waals surface area contributed by atoms with Gasteiger partial charge in [0, 0.05) is 37.1 Å². The molecule has 3 saturated heterocycles. The van der Waals surface area contributed by atoms with Gasteiger partial charge in [-0.1, -0.05) is 18.1 Å². The van der Waals surface area contributed by atoms with Crippen molar-refractivity contribution in [1.29, 1.82) is 0 Å². The van der Waals surface area contributed by atoms with E-state index in [0.717, 1.165) is 43.2 Å². The Kier molecular flexibility index (Phi) is 4.48. The molecule has 4 atom stereocenters. The van der Waals surface area contributed by atoms with Crippen molar-refractivity contribution < 1.29 is 4.79 Å². The Morgan fingerprint density at radius 3 is 3.07 bits per heavy atom. The van der Waals surface area contributed by atoms with Crippen LogP contribution in [0.3, 0.4) is 0 Å². The van der Waals surface area contributed by atoms with Gasteiger partial charge < -0.3 is 4.90 Å². The molecule has 6 heteroatoms. The Labute approximate surface area is 177 Å². The molecular weight excluding hydrogens is 374 g/mol. The van der Waals surface area contributed by atoms with Crippen LogP contribution < -0.4 is 0 Å². The van der Waals surface area contributed by atoms with Crippen LogP contribution in [0.2, 0.25) is 0 Å². The fraction of sp³-hybridized carbons (Fsp3) is 0.542. The fourth-order valence-electron chi connectivity index (χ4n) is 6.45. The number of likely N-dealkylation sites (tertiary alicyclic amines) is 1. The zero-order valence-electron chi connectivity index (χ0n) is 17.3. The molecule has 0 spiro atoms. The molecule has 30 heavy (non-hydrogen) atoms. The molecule has 156 valence electrons. The zero-order chi connectivity index (χ0) is 20.1. The molecule has 0 radical (unpaired) electrons. The number of carbonyl (C=O) groups is 1. The highest BCUT2D eigenvalue weighted by molar-refractivity contribution is 5.94. The third-order valence-corrected chi connectivity index (χ3v) is 7.68. The lowest BCUT2D eigenvalue weighted by Crippen LogP contribution is -2.60. The summed E-state index contributed by atoms with van der Waals surface area (Å²) in [6.45, 7) is 3.22. The number of nitrogens with one attached hydrogen (secondary N) is 1. The number of pyridine rings is 1. The lowest BCUT2D eigenvalue weighted by molar-refractivity contribution is 0.00131. The molecule has 0 unspecified atom stereocenters.